The number of carbonyl (C=O) groups is 1. The maximum atomic E-state index is 11.6. The van der Waals surface area contributed by atoms with Gasteiger partial charge in [-0.15, -0.1) is 0 Å². The Morgan fingerprint density at radius 3 is 2.95 bits per heavy atom. The van der Waals surface area contributed by atoms with Gasteiger partial charge in [-0.3, -0.25) is 4.79 Å². The molecule has 3 N–H and O–H groups in total. The fourth-order valence-electron chi connectivity index (χ4n) is 2.67. The SMILES string of the molecule is CC(C)NCc1cccc(Cl)c1N1CCCC1C(N)=O. The fraction of sp³-hybridized carbons (Fsp3) is 0.533. The predicted octanol–water partition coefficient (Wildman–Crippen LogP) is 2.29. The van der Waals surface area contributed by atoms with E-state index in [1.165, 1.54) is 0 Å². The van der Waals surface area contributed by atoms with Crippen LogP contribution in [0.25, 0.3) is 0 Å². The number of nitrogens with two attached hydrogens (primary N) is 1. The fourth-order valence-corrected chi connectivity index (χ4v) is 2.97. The number of rotatable bonds is 5. The van der Waals surface area contributed by atoms with E-state index in [-0.39, 0.29) is 11.9 Å². The number of nitrogens with zero attached hydrogens (tertiary/aromatic N) is 1. The molecule has 1 aliphatic heterocycles. The Balaban J connectivity index is 2.31. The minimum atomic E-state index is -0.273. The van der Waals surface area contributed by atoms with Gasteiger partial charge in [0.15, 0.2) is 0 Å². The molecule has 0 radical (unpaired) electrons. The van der Waals surface area contributed by atoms with Crippen LogP contribution >= 0.6 is 11.6 Å². The zero-order valence-electron chi connectivity index (χ0n) is 12.0. The van der Waals surface area contributed by atoms with E-state index in [0.717, 1.165) is 37.2 Å². The molecule has 1 heterocycles. The Kier molecular flexibility index (Phi) is 4.89. The lowest BCUT2D eigenvalue weighted by molar-refractivity contribution is -0.119. The van der Waals surface area contributed by atoms with Crippen LogP contribution < -0.4 is 16.0 Å². The highest BCUT2D eigenvalue weighted by molar-refractivity contribution is 6.33. The van der Waals surface area contributed by atoms with Crippen molar-refractivity contribution < 1.29 is 4.79 Å². The summed E-state index contributed by atoms with van der Waals surface area (Å²) in [7, 11) is 0. The molecule has 0 aromatic heterocycles. The summed E-state index contributed by atoms with van der Waals surface area (Å²) >= 11 is 6.37. The number of para-hydroxylation sites is 1. The summed E-state index contributed by atoms with van der Waals surface area (Å²) in [5, 5.41) is 4.08. The van der Waals surface area contributed by atoms with Crippen molar-refractivity contribution in [2.75, 3.05) is 11.4 Å². The smallest absolute Gasteiger partial charge is 0.240 e. The van der Waals surface area contributed by atoms with Crippen LogP contribution in [-0.2, 0) is 11.3 Å². The molecule has 1 aliphatic rings. The van der Waals surface area contributed by atoms with Gasteiger partial charge in [-0.05, 0) is 24.5 Å². The minimum absolute atomic E-state index is 0.243. The van der Waals surface area contributed by atoms with Gasteiger partial charge >= 0.3 is 0 Å². The first-order chi connectivity index (χ1) is 9.50. The average Bonchev–Trinajstić information content (AvgIpc) is 2.85. The standard InChI is InChI=1S/C15H22ClN3O/c1-10(2)18-9-11-5-3-6-12(16)14(11)19-8-4-7-13(19)15(17)20/h3,5-6,10,13,18H,4,7-9H2,1-2H3,(H2,17,20). The van der Waals surface area contributed by atoms with Crippen molar-refractivity contribution in [3.05, 3.63) is 28.8 Å². The van der Waals surface area contributed by atoms with Crippen molar-refractivity contribution in [1.82, 2.24) is 5.32 Å². The average molecular weight is 296 g/mol. The Bertz CT molecular complexity index is 490. The third kappa shape index (κ3) is 3.25. The number of primary amides is 1. The Morgan fingerprint density at radius 2 is 2.30 bits per heavy atom. The number of hydrogen-bond donors (Lipinski definition) is 2. The third-order valence-electron chi connectivity index (χ3n) is 3.64. The van der Waals surface area contributed by atoms with Crippen molar-refractivity contribution in [3.63, 3.8) is 0 Å². The number of benzene rings is 1. The molecule has 0 bridgehead atoms. The first-order valence-electron chi connectivity index (χ1n) is 7.07. The van der Waals surface area contributed by atoms with Crippen LogP contribution in [0.4, 0.5) is 5.69 Å². The van der Waals surface area contributed by atoms with Gasteiger partial charge < -0.3 is 16.0 Å². The zero-order valence-corrected chi connectivity index (χ0v) is 12.8. The summed E-state index contributed by atoms with van der Waals surface area (Å²) in [6.45, 7) is 5.76. The Morgan fingerprint density at radius 1 is 1.55 bits per heavy atom. The van der Waals surface area contributed by atoms with Crippen molar-refractivity contribution in [2.24, 2.45) is 5.73 Å². The van der Waals surface area contributed by atoms with Gasteiger partial charge in [-0.1, -0.05) is 37.6 Å². The molecular weight excluding hydrogens is 274 g/mol. The number of amides is 1. The quantitative estimate of drug-likeness (QED) is 0.876. The van der Waals surface area contributed by atoms with E-state index in [0.29, 0.717) is 11.1 Å². The van der Waals surface area contributed by atoms with E-state index >= 15 is 0 Å². The molecule has 1 saturated heterocycles. The zero-order chi connectivity index (χ0) is 14.7. The van der Waals surface area contributed by atoms with Gasteiger partial charge in [0.25, 0.3) is 0 Å². The van der Waals surface area contributed by atoms with Crippen LogP contribution in [0.5, 0.6) is 0 Å². The maximum Gasteiger partial charge on any atom is 0.240 e. The lowest BCUT2D eigenvalue weighted by atomic mass is 10.1. The van der Waals surface area contributed by atoms with E-state index in [2.05, 4.69) is 24.1 Å². The van der Waals surface area contributed by atoms with E-state index in [4.69, 9.17) is 17.3 Å². The van der Waals surface area contributed by atoms with Gasteiger partial charge in [0, 0.05) is 19.1 Å². The highest BCUT2D eigenvalue weighted by Crippen LogP contribution is 2.35. The first-order valence-corrected chi connectivity index (χ1v) is 7.45. The van der Waals surface area contributed by atoms with Crippen LogP contribution in [0, 0.1) is 0 Å². The highest BCUT2D eigenvalue weighted by atomic mass is 35.5. The molecule has 1 atom stereocenters. The molecular formula is C15H22ClN3O. The molecule has 5 heteroatoms. The molecule has 1 aromatic rings. The number of hydrogen-bond acceptors (Lipinski definition) is 3. The van der Waals surface area contributed by atoms with Gasteiger partial charge in [0.2, 0.25) is 5.91 Å². The molecule has 20 heavy (non-hydrogen) atoms. The number of anilines is 1. The predicted molar refractivity (Wildman–Crippen MR) is 83.0 cm³/mol. The van der Waals surface area contributed by atoms with Crippen molar-refractivity contribution in [1.29, 1.82) is 0 Å². The molecule has 0 aliphatic carbocycles. The monoisotopic (exact) mass is 295 g/mol. The van der Waals surface area contributed by atoms with E-state index < -0.39 is 0 Å². The summed E-state index contributed by atoms with van der Waals surface area (Å²) < 4.78 is 0. The van der Waals surface area contributed by atoms with Crippen LogP contribution in [-0.4, -0.2) is 24.5 Å². The summed E-state index contributed by atoms with van der Waals surface area (Å²) in [6.07, 6.45) is 1.77. The van der Waals surface area contributed by atoms with Crippen LogP contribution in [0.1, 0.15) is 32.3 Å². The molecule has 110 valence electrons. The summed E-state index contributed by atoms with van der Waals surface area (Å²) in [5.74, 6) is -0.273. The lowest BCUT2D eigenvalue weighted by Crippen LogP contribution is -2.41. The normalized spacial score (nSPS) is 18.8. The lowest BCUT2D eigenvalue weighted by Gasteiger charge is -2.28. The van der Waals surface area contributed by atoms with Gasteiger partial charge in [-0.25, -0.2) is 0 Å². The molecule has 0 spiro atoms. The molecule has 1 fully saturated rings. The number of halogens is 1. The van der Waals surface area contributed by atoms with E-state index in [9.17, 15) is 4.79 Å². The second kappa shape index (κ2) is 6.46. The van der Waals surface area contributed by atoms with E-state index in [1.54, 1.807) is 0 Å². The third-order valence-corrected chi connectivity index (χ3v) is 3.94. The van der Waals surface area contributed by atoms with Gasteiger partial charge in [0.05, 0.1) is 10.7 Å². The van der Waals surface area contributed by atoms with Crippen LogP contribution in [0.2, 0.25) is 5.02 Å². The number of carbonyl (C=O) groups excluding carboxylic acids is 1. The van der Waals surface area contributed by atoms with Crippen LogP contribution in [0.15, 0.2) is 18.2 Å². The second-order valence-corrected chi connectivity index (χ2v) is 5.94. The van der Waals surface area contributed by atoms with Crippen molar-refractivity contribution in [2.45, 2.75) is 45.3 Å². The molecule has 1 aromatic carbocycles. The summed E-state index contributed by atoms with van der Waals surface area (Å²) in [5.41, 5.74) is 7.57. The molecule has 4 nitrogen and oxygen atoms in total. The summed E-state index contributed by atoms with van der Waals surface area (Å²) in [6, 6.07) is 6.01. The molecule has 2 rings (SSSR count). The highest BCUT2D eigenvalue weighted by Gasteiger charge is 2.31. The largest absolute Gasteiger partial charge is 0.368 e. The molecule has 1 unspecified atom stereocenters. The number of nitrogens with one attached hydrogen (secondary N) is 1. The maximum absolute atomic E-state index is 11.6. The minimum Gasteiger partial charge on any atom is -0.368 e. The topological polar surface area (TPSA) is 58.4 Å². The molecule has 0 saturated carbocycles. The first kappa shape index (κ1) is 15.1. The van der Waals surface area contributed by atoms with Gasteiger partial charge in [0.1, 0.15) is 6.04 Å². The van der Waals surface area contributed by atoms with E-state index in [1.807, 2.05) is 18.2 Å². The van der Waals surface area contributed by atoms with Crippen molar-refractivity contribution in [3.8, 4) is 0 Å². The second-order valence-electron chi connectivity index (χ2n) is 5.54. The van der Waals surface area contributed by atoms with Gasteiger partial charge in [-0.2, -0.15) is 0 Å². The Labute approximate surface area is 125 Å². The Hall–Kier alpha value is -1.26. The molecule has 1 amide bonds. The van der Waals surface area contributed by atoms with Crippen LogP contribution in [0.3, 0.4) is 0 Å². The summed E-state index contributed by atoms with van der Waals surface area (Å²) in [4.78, 5) is 13.7. The van der Waals surface area contributed by atoms with Crippen molar-refractivity contribution >= 4 is 23.2 Å².